The van der Waals surface area contributed by atoms with Gasteiger partial charge in [-0.2, -0.15) is 16.1 Å². The number of nitrogens with one attached hydrogen (secondary N) is 2. The molecule has 0 bridgehead atoms. The van der Waals surface area contributed by atoms with Gasteiger partial charge in [0.05, 0.1) is 4.90 Å². The minimum Gasteiger partial charge on any atom is -0.352 e. The Morgan fingerprint density at radius 1 is 1.14 bits per heavy atom. The van der Waals surface area contributed by atoms with Gasteiger partial charge in [-0.05, 0) is 57.3 Å². The zero-order chi connectivity index (χ0) is 21.4. The first-order valence-electron chi connectivity index (χ1n) is 9.90. The van der Waals surface area contributed by atoms with E-state index in [9.17, 15) is 18.0 Å². The molecular weight excluding hydrogens is 410 g/mol. The Labute approximate surface area is 178 Å². The van der Waals surface area contributed by atoms with Crippen molar-refractivity contribution in [1.82, 2.24) is 14.9 Å². The van der Waals surface area contributed by atoms with Gasteiger partial charge >= 0.3 is 0 Å². The summed E-state index contributed by atoms with van der Waals surface area (Å²) in [4.78, 5) is 25.4. The monoisotopic (exact) mass is 441 g/mol. The van der Waals surface area contributed by atoms with Crippen LogP contribution < -0.4 is 10.6 Å². The van der Waals surface area contributed by atoms with Crippen molar-refractivity contribution in [3.05, 3.63) is 30.3 Å². The molecule has 0 aliphatic carbocycles. The van der Waals surface area contributed by atoms with Crippen LogP contribution in [-0.2, 0) is 19.6 Å². The lowest BCUT2D eigenvalue weighted by Crippen LogP contribution is -2.51. The van der Waals surface area contributed by atoms with Crippen LogP contribution >= 0.6 is 11.8 Å². The predicted octanol–water partition coefficient (Wildman–Crippen LogP) is 1.85. The molecule has 1 aliphatic rings. The van der Waals surface area contributed by atoms with E-state index in [1.54, 1.807) is 42.1 Å². The largest absolute Gasteiger partial charge is 0.352 e. The lowest BCUT2D eigenvalue weighted by atomic mass is 9.96. The lowest BCUT2D eigenvalue weighted by Gasteiger charge is -2.31. The van der Waals surface area contributed by atoms with Gasteiger partial charge in [-0.3, -0.25) is 9.59 Å². The molecule has 0 saturated carbocycles. The summed E-state index contributed by atoms with van der Waals surface area (Å²) in [7, 11) is -3.54. The molecule has 1 heterocycles. The molecule has 162 valence electrons. The molecule has 1 unspecified atom stereocenters. The second-order valence-corrected chi connectivity index (χ2v) is 10.4. The molecule has 2 rings (SSSR count). The van der Waals surface area contributed by atoms with Gasteiger partial charge in [0.2, 0.25) is 21.8 Å². The predicted molar refractivity (Wildman–Crippen MR) is 116 cm³/mol. The molecule has 1 aromatic rings. The van der Waals surface area contributed by atoms with Crippen molar-refractivity contribution in [3.8, 4) is 0 Å². The number of carbonyl (C=O) groups excluding carboxylic acids is 2. The molecule has 2 amide bonds. The highest BCUT2D eigenvalue weighted by Crippen LogP contribution is 2.24. The van der Waals surface area contributed by atoms with E-state index >= 15 is 0 Å². The number of thioether (sulfide) groups is 1. The normalized spacial score (nSPS) is 17.1. The van der Waals surface area contributed by atoms with E-state index in [-0.39, 0.29) is 28.7 Å². The molecule has 9 heteroatoms. The van der Waals surface area contributed by atoms with E-state index < -0.39 is 16.1 Å². The van der Waals surface area contributed by atoms with Crippen molar-refractivity contribution in [3.63, 3.8) is 0 Å². The van der Waals surface area contributed by atoms with Crippen molar-refractivity contribution in [1.29, 1.82) is 0 Å². The number of hydrogen-bond donors (Lipinski definition) is 2. The van der Waals surface area contributed by atoms with Crippen LogP contribution in [0.3, 0.4) is 0 Å². The molecule has 0 radical (unpaired) electrons. The Balaban J connectivity index is 1.95. The second-order valence-electron chi connectivity index (χ2n) is 7.50. The molecular formula is C20H31N3O4S2. The smallest absolute Gasteiger partial charge is 0.243 e. The Morgan fingerprint density at radius 3 is 2.31 bits per heavy atom. The molecule has 0 aromatic heterocycles. The van der Waals surface area contributed by atoms with Crippen LogP contribution in [0, 0.1) is 5.92 Å². The van der Waals surface area contributed by atoms with Gasteiger partial charge in [-0.25, -0.2) is 8.42 Å². The van der Waals surface area contributed by atoms with Gasteiger partial charge in [0, 0.05) is 25.0 Å². The summed E-state index contributed by atoms with van der Waals surface area (Å²) in [5.41, 5.74) is 0. The summed E-state index contributed by atoms with van der Waals surface area (Å²) in [5.74, 6) is 0.128. The maximum absolute atomic E-state index is 12.7. The molecule has 7 nitrogen and oxygen atoms in total. The number of nitrogens with zero attached hydrogens (tertiary/aromatic N) is 1. The number of benzene rings is 1. The summed E-state index contributed by atoms with van der Waals surface area (Å²) in [6.45, 7) is 4.36. The molecule has 1 fully saturated rings. The zero-order valence-electron chi connectivity index (χ0n) is 17.3. The maximum Gasteiger partial charge on any atom is 0.243 e. The first-order chi connectivity index (χ1) is 13.8. The van der Waals surface area contributed by atoms with Gasteiger partial charge in [-0.1, -0.05) is 18.2 Å². The van der Waals surface area contributed by atoms with Gasteiger partial charge in [-0.15, -0.1) is 0 Å². The van der Waals surface area contributed by atoms with Crippen LogP contribution in [0.5, 0.6) is 0 Å². The van der Waals surface area contributed by atoms with Crippen molar-refractivity contribution in [2.75, 3.05) is 25.1 Å². The van der Waals surface area contributed by atoms with Gasteiger partial charge < -0.3 is 10.6 Å². The van der Waals surface area contributed by atoms with Crippen molar-refractivity contribution in [2.45, 2.75) is 50.1 Å². The van der Waals surface area contributed by atoms with Crippen LogP contribution in [0.25, 0.3) is 0 Å². The van der Waals surface area contributed by atoms with Crippen LogP contribution in [-0.4, -0.2) is 61.7 Å². The Kier molecular flexibility index (Phi) is 8.98. The van der Waals surface area contributed by atoms with Crippen molar-refractivity contribution < 1.29 is 18.0 Å². The van der Waals surface area contributed by atoms with E-state index in [1.807, 2.05) is 20.1 Å². The fourth-order valence-corrected chi connectivity index (χ4v) is 5.24. The summed E-state index contributed by atoms with van der Waals surface area (Å²) in [6, 6.07) is 7.77. The first kappa shape index (κ1) is 23.7. The molecule has 1 aromatic carbocycles. The van der Waals surface area contributed by atoms with Crippen molar-refractivity contribution >= 4 is 33.6 Å². The van der Waals surface area contributed by atoms with E-state index in [4.69, 9.17) is 0 Å². The Hall–Kier alpha value is -1.58. The number of amides is 2. The summed E-state index contributed by atoms with van der Waals surface area (Å²) >= 11 is 1.63. The fraction of sp³-hybridized carbons (Fsp3) is 0.600. The standard InChI is InChI=1S/C20H31N3O4S2/c1-15(2)21-20(25)18(11-14-28-3)22-19(24)16-9-12-23(13-10-16)29(26,27)17-7-5-4-6-8-17/h4-8,15-16,18H,9-14H2,1-3H3,(H,21,25)(H,22,24). The highest BCUT2D eigenvalue weighted by atomic mass is 32.2. The maximum atomic E-state index is 12.7. The van der Waals surface area contributed by atoms with Gasteiger partial charge in [0.25, 0.3) is 0 Å². The molecule has 0 spiro atoms. The minimum absolute atomic E-state index is 0.00242. The molecule has 1 aliphatic heterocycles. The fourth-order valence-electron chi connectivity index (χ4n) is 3.28. The number of rotatable bonds is 9. The van der Waals surface area contributed by atoms with E-state index in [0.717, 1.165) is 5.75 Å². The Morgan fingerprint density at radius 2 is 1.76 bits per heavy atom. The molecule has 2 N–H and O–H groups in total. The van der Waals surface area contributed by atoms with Gasteiger partial charge in [0.15, 0.2) is 0 Å². The van der Waals surface area contributed by atoms with E-state index in [2.05, 4.69) is 10.6 Å². The van der Waals surface area contributed by atoms with Crippen LogP contribution in [0.15, 0.2) is 35.2 Å². The third-order valence-electron chi connectivity index (χ3n) is 4.88. The third kappa shape index (κ3) is 6.72. The van der Waals surface area contributed by atoms with Crippen LogP contribution in [0.2, 0.25) is 0 Å². The molecule has 1 saturated heterocycles. The summed E-state index contributed by atoms with van der Waals surface area (Å²) in [6.07, 6.45) is 3.41. The first-order valence-corrected chi connectivity index (χ1v) is 12.7. The topological polar surface area (TPSA) is 95.6 Å². The average Bonchev–Trinajstić information content (AvgIpc) is 2.71. The van der Waals surface area contributed by atoms with Crippen LogP contribution in [0.4, 0.5) is 0 Å². The lowest BCUT2D eigenvalue weighted by molar-refractivity contribution is -0.132. The Bertz CT molecular complexity index is 776. The quantitative estimate of drug-likeness (QED) is 0.610. The van der Waals surface area contributed by atoms with E-state index in [0.29, 0.717) is 32.4 Å². The number of piperidine rings is 1. The number of carbonyl (C=O) groups is 2. The number of hydrogen-bond acceptors (Lipinski definition) is 5. The SMILES string of the molecule is CSCCC(NC(=O)C1CCN(S(=O)(=O)c2ccccc2)CC1)C(=O)NC(C)C. The van der Waals surface area contributed by atoms with Crippen LogP contribution in [0.1, 0.15) is 33.1 Å². The highest BCUT2D eigenvalue weighted by Gasteiger charge is 2.33. The zero-order valence-corrected chi connectivity index (χ0v) is 18.9. The second kappa shape index (κ2) is 11.0. The van der Waals surface area contributed by atoms with E-state index in [1.165, 1.54) is 4.31 Å². The number of sulfonamides is 1. The minimum atomic E-state index is -3.54. The molecule has 1 atom stereocenters. The van der Waals surface area contributed by atoms with Gasteiger partial charge in [0.1, 0.15) is 6.04 Å². The highest BCUT2D eigenvalue weighted by molar-refractivity contribution is 7.98. The average molecular weight is 442 g/mol. The summed E-state index contributed by atoms with van der Waals surface area (Å²) < 4.78 is 26.9. The van der Waals surface area contributed by atoms with Crippen molar-refractivity contribution in [2.24, 2.45) is 5.92 Å². The third-order valence-corrected chi connectivity index (χ3v) is 7.44. The summed E-state index contributed by atoms with van der Waals surface area (Å²) in [5, 5.41) is 5.73. The molecule has 29 heavy (non-hydrogen) atoms.